The topological polar surface area (TPSA) is 126 Å². The fourth-order valence-corrected chi connectivity index (χ4v) is 8.39. The summed E-state index contributed by atoms with van der Waals surface area (Å²) in [6, 6.07) is 2.64. The number of amides is 2. The number of hydrogen-bond donors (Lipinski definition) is 2. The van der Waals surface area contributed by atoms with E-state index in [-0.39, 0.29) is 44.1 Å². The van der Waals surface area contributed by atoms with Gasteiger partial charge >= 0.3 is 202 Å². The smallest absolute Gasteiger partial charge is 0.243 e. The van der Waals surface area contributed by atoms with Gasteiger partial charge in [-0.1, -0.05) is 6.07 Å². The summed E-state index contributed by atoms with van der Waals surface area (Å²) in [4.78, 5) is 43.7. The van der Waals surface area contributed by atoms with Gasteiger partial charge in [-0.05, 0) is 12.1 Å². The van der Waals surface area contributed by atoms with Crippen LogP contribution in [-0.2, 0) is 24.4 Å². The molecule has 3 aliphatic rings. The van der Waals surface area contributed by atoms with E-state index in [9.17, 15) is 22.8 Å². The van der Waals surface area contributed by atoms with E-state index in [0.717, 1.165) is 31.0 Å². The van der Waals surface area contributed by atoms with Crippen LogP contribution >= 0.6 is 0 Å². The van der Waals surface area contributed by atoms with Crippen LogP contribution in [0.2, 0.25) is 5.32 Å². The molecule has 2 fully saturated rings. The van der Waals surface area contributed by atoms with E-state index in [2.05, 4.69) is 15.6 Å². The summed E-state index contributed by atoms with van der Waals surface area (Å²) in [6.45, 7) is 1.42. The normalized spacial score (nSPS) is 24.2. The number of aromatic nitrogens is 1. The van der Waals surface area contributed by atoms with Gasteiger partial charge in [-0.2, -0.15) is 0 Å². The Hall–Kier alpha value is -2.33. The van der Waals surface area contributed by atoms with Crippen LogP contribution in [0, 0.1) is 5.92 Å². The van der Waals surface area contributed by atoms with Crippen molar-refractivity contribution in [1.82, 2.24) is 19.9 Å². The van der Waals surface area contributed by atoms with Gasteiger partial charge < -0.3 is 0 Å². The molecule has 0 radical (unpaired) electrons. The zero-order chi connectivity index (χ0) is 27.1. The molecule has 2 unspecified atom stereocenters. The number of carbonyl (C=O) groups is 3. The minimum absolute atomic E-state index is 0.0284. The van der Waals surface area contributed by atoms with Gasteiger partial charge in [0.25, 0.3) is 0 Å². The molecule has 9 nitrogen and oxygen atoms in total. The molecule has 206 valence electrons. The molecule has 3 heterocycles. The number of allylic oxidation sites excluding steroid dienone is 3. The summed E-state index contributed by atoms with van der Waals surface area (Å²) in [5.74, 6) is -0.628. The van der Waals surface area contributed by atoms with Crippen LogP contribution < -0.4 is 10.6 Å². The Morgan fingerprint density at radius 3 is 2.63 bits per heavy atom. The Morgan fingerprint density at radius 1 is 1.16 bits per heavy atom. The molecule has 0 aromatic carbocycles. The average molecular weight is 608 g/mol. The minimum Gasteiger partial charge on any atom is -0.243 e. The van der Waals surface area contributed by atoms with Crippen molar-refractivity contribution in [3.05, 3.63) is 47.1 Å². The zero-order valence-corrected chi connectivity index (χ0v) is 24.2. The van der Waals surface area contributed by atoms with Crippen molar-refractivity contribution in [2.45, 2.75) is 86.8 Å². The average Bonchev–Trinajstić information content (AvgIpc) is 3.08. The van der Waals surface area contributed by atoms with Gasteiger partial charge in [0, 0.05) is 6.20 Å². The molecular formula is C27H36N4O5SSe. The van der Waals surface area contributed by atoms with Gasteiger partial charge in [-0.25, -0.2) is 4.98 Å². The molecule has 2 aliphatic heterocycles. The standard InChI is InChI=1S/C27H36N4O5SSe/c1-19-13-14-21(23(32)18-31(19)37(35,36)25-12-5-7-15-28-25)29-26(33)22(17-20-9-3-2-4-10-20)30-27(34)24-11-6-8-16-38-24/h5-8,11-12,15,19-22H,2-4,9-10,13-14,16-18H2,1H3,(H,29,33)(H,30,34)/t19?,21?,22-/m0/s1. The maximum atomic E-state index is 13.5. The number of ketones is 1. The maximum absolute atomic E-state index is 13.5. The Morgan fingerprint density at radius 2 is 1.95 bits per heavy atom. The van der Waals surface area contributed by atoms with Gasteiger partial charge in [0.15, 0.2) is 0 Å². The Labute approximate surface area is 231 Å². The van der Waals surface area contributed by atoms with Crippen LogP contribution in [0.1, 0.15) is 58.3 Å². The van der Waals surface area contributed by atoms with Crippen LogP contribution in [-0.4, -0.2) is 74.9 Å². The molecule has 1 aromatic heterocycles. The van der Waals surface area contributed by atoms with Gasteiger partial charge in [-0.3, -0.25) is 0 Å². The van der Waals surface area contributed by atoms with E-state index in [1.807, 2.05) is 12.2 Å². The fraction of sp³-hybridized carbons (Fsp3) is 0.556. The van der Waals surface area contributed by atoms with Crippen LogP contribution in [0.25, 0.3) is 0 Å². The Bertz CT molecular complexity index is 1180. The number of rotatable bonds is 8. The Kier molecular flexibility index (Phi) is 9.92. The van der Waals surface area contributed by atoms with Gasteiger partial charge in [0.2, 0.25) is 0 Å². The van der Waals surface area contributed by atoms with Crippen molar-refractivity contribution in [3.63, 3.8) is 0 Å². The first-order valence-electron chi connectivity index (χ1n) is 13.3. The number of nitrogens with zero attached hydrogens (tertiary/aromatic N) is 2. The molecule has 38 heavy (non-hydrogen) atoms. The van der Waals surface area contributed by atoms with Gasteiger partial charge in [0.05, 0.1) is 0 Å². The summed E-state index contributed by atoms with van der Waals surface area (Å²) in [6.07, 6.45) is 13.8. The molecule has 0 bridgehead atoms. The molecule has 3 atom stereocenters. The molecule has 11 heteroatoms. The third kappa shape index (κ3) is 7.20. The predicted molar refractivity (Wildman–Crippen MR) is 145 cm³/mol. The first-order chi connectivity index (χ1) is 18.3. The van der Waals surface area contributed by atoms with E-state index in [0.29, 0.717) is 29.7 Å². The molecule has 4 rings (SSSR count). The summed E-state index contributed by atoms with van der Waals surface area (Å²) >= 11 is 0.0284. The van der Waals surface area contributed by atoms with E-state index in [1.54, 1.807) is 25.1 Å². The second-order valence-electron chi connectivity index (χ2n) is 10.2. The predicted octanol–water partition coefficient (Wildman–Crippen LogP) is 2.34. The van der Waals surface area contributed by atoms with Crippen molar-refractivity contribution >= 4 is 42.6 Å². The second-order valence-corrected chi connectivity index (χ2v) is 14.3. The zero-order valence-electron chi connectivity index (χ0n) is 21.7. The van der Waals surface area contributed by atoms with Crippen molar-refractivity contribution in [2.75, 3.05) is 6.54 Å². The van der Waals surface area contributed by atoms with Crippen LogP contribution in [0.3, 0.4) is 0 Å². The molecule has 2 N–H and O–H groups in total. The first-order valence-corrected chi connectivity index (χ1v) is 16.8. The monoisotopic (exact) mass is 608 g/mol. The van der Waals surface area contributed by atoms with Crippen molar-refractivity contribution in [2.24, 2.45) is 5.92 Å². The molecule has 1 saturated carbocycles. The van der Waals surface area contributed by atoms with E-state index in [1.165, 1.54) is 23.0 Å². The number of sulfonamides is 1. The first kappa shape index (κ1) is 28.7. The van der Waals surface area contributed by atoms with Crippen LogP contribution in [0.4, 0.5) is 0 Å². The van der Waals surface area contributed by atoms with Crippen molar-refractivity contribution in [1.29, 1.82) is 0 Å². The number of carbonyl (C=O) groups excluding carboxylic acids is 3. The number of Topliss-reactive ketones (excluding diaryl/α,β-unsaturated/α-hetero) is 1. The van der Waals surface area contributed by atoms with Gasteiger partial charge in [-0.15, -0.1) is 0 Å². The Balaban J connectivity index is 1.46. The number of nitrogens with one attached hydrogen (secondary N) is 2. The van der Waals surface area contributed by atoms with E-state index < -0.39 is 28.1 Å². The molecule has 1 saturated heterocycles. The molecule has 2 amide bonds. The fourth-order valence-electron chi connectivity index (χ4n) is 5.25. The number of pyridine rings is 1. The third-order valence-corrected chi connectivity index (χ3v) is 11.4. The number of hydrogen-bond acceptors (Lipinski definition) is 6. The minimum atomic E-state index is -3.96. The summed E-state index contributed by atoms with van der Waals surface area (Å²) in [5, 5.41) is 6.56. The summed E-state index contributed by atoms with van der Waals surface area (Å²) in [5.41, 5.74) is 0. The summed E-state index contributed by atoms with van der Waals surface area (Å²) < 4.78 is 28.3. The van der Waals surface area contributed by atoms with Crippen molar-refractivity contribution < 1.29 is 22.8 Å². The van der Waals surface area contributed by atoms with Crippen LogP contribution in [0.15, 0.2) is 52.1 Å². The molecule has 0 spiro atoms. The molecule has 1 aliphatic carbocycles. The quantitative estimate of drug-likeness (QED) is 0.437. The molecule has 1 aromatic rings. The summed E-state index contributed by atoms with van der Waals surface area (Å²) in [7, 11) is -3.96. The second kappa shape index (κ2) is 13.2. The van der Waals surface area contributed by atoms with Crippen molar-refractivity contribution in [3.8, 4) is 0 Å². The third-order valence-electron chi connectivity index (χ3n) is 7.45. The van der Waals surface area contributed by atoms with Gasteiger partial charge in [0.1, 0.15) is 0 Å². The molecular weight excluding hydrogens is 571 g/mol. The van der Waals surface area contributed by atoms with Crippen LogP contribution in [0.5, 0.6) is 0 Å². The van der Waals surface area contributed by atoms with E-state index in [4.69, 9.17) is 0 Å². The SMILES string of the molecule is CC1CCC(NC(=O)[C@H](CC2CCCCC2)NC(=O)C2=CC=CC[Se]2)C(=O)CN1S(=O)(=O)c1ccccn1. The van der Waals surface area contributed by atoms with E-state index >= 15 is 0 Å².